The van der Waals surface area contributed by atoms with Gasteiger partial charge < -0.3 is 14.6 Å². The summed E-state index contributed by atoms with van der Waals surface area (Å²) in [5, 5.41) is 3.30. The highest BCUT2D eigenvalue weighted by Gasteiger charge is 2.22. The number of esters is 1. The Balaban J connectivity index is 2.10. The summed E-state index contributed by atoms with van der Waals surface area (Å²) in [5.74, 6) is 2.24. The molecule has 5 nitrogen and oxygen atoms in total. The number of nitrogens with one attached hydrogen (secondary N) is 1. The van der Waals surface area contributed by atoms with Crippen LogP contribution in [0.4, 0.5) is 0 Å². The normalized spacial score (nSPS) is 12.8. The number of terminal acetylenes is 1. The van der Waals surface area contributed by atoms with Crippen LogP contribution in [0.15, 0.2) is 24.5 Å². The van der Waals surface area contributed by atoms with Crippen LogP contribution in [0.1, 0.15) is 34.2 Å². The lowest BCUT2D eigenvalue weighted by Crippen LogP contribution is -2.15. The van der Waals surface area contributed by atoms with Crippen molar-refractivity contribution in [1.29, 1.82) is 0 Å². The zero-order valence-corrected chi connectivity index (χ0v) is 11.7. The number of hydrogen-bond acceptors (Lipinski definition) is 4. The van der Waals surface area contributed by atoms with Crippen molar-refractivity contribution in [1.82, 2.24) is 14.9 Å². The molecule has 0 fully saturated rings. The second kappa shape index (κ2) is 5.43. The fourth-order valence-corrected chi connectivity index (χ4v) is 2.49. The van der Waals surface area contributed by atoms with Crippen LogP contribution in [-0.2, 0) is 17.8 Å². The van der Waals surface area contributed by atoms with E-state index < -0.39 is 5.97 Å². The SMILES string of the molecule is C#Cc1ccc2c(c1)CNCc1c(C(=O)OCC)ncn1-2. The number of ether oxygens (including phenoxy) is 1. The fourth-order valence-electron chi connectivity index (χ4n) is 2.49. The van der Waals surface area contributed by atoms with Crippen molar-refractivity contribution >= 4 is 5.97 Å². The average molecular weight is 281 g/mol. The fraction of sp³-hybridized carbons (Fsp3) is 0.250. The Labute approximate surface area is 123 Å². The third-order valence-electron chi connectivity index (χ3n) is 3.45. The van der Waals surface area contributed by atoms with Crippen molar-refractivity contribution in [2.45, 2.75) is 20.0 Å². The molecule has 0 amide bonds. The highest BCUT2D eigenvalue weighted by atomic mass is 16.5. The van der Waals surface area contributed by atoms with Crippen molar-refractivity contribution in [3.63, 3.8) is 0 Å². The zero-order chi connectivity index (χ0) is 14.8. The van der Waals surface area contributed by atoms with Gasteiger partial charge in [0.05, 0.1) is 18.0 Å². The molecule has 0 aliphatic carbocycles. The predicted octanol–water partition coefficient (Wildman–Crippen LogP) is 1.63. The Kier molecular flexibility index (Phi) is 3.46. The van der Waals surface area contributed by atoms with E-state index in [1.165, 1.54) is 0 Å². The van der Waals surface area contributed by atoms with E-state index in [2.05, 4.69) is 16.2 Å². The summed E-state index contributed by atoms with van der Waals surface area (Å²) in [7, 11) is 0. The van der Waals surface area contributed by atoms with Crippen molar-refractivity contribution in [3.8, 4) is 18.0 Å². The third-order valence-corrected chi connectivity index (χ3v) is 3.45. The van der Waals surface area contributed by atoms with Crippen LogP contribution < -0.4 is 5.32 Å². The zero-order valence-electron chi connectivity index (χ0n) is 11.7. The Bertz CT molecular complexity index is 740. The summed E-state index contributed by atoms with van der Waals surface area (Å²) in [6.07, 6.45) is 7.10. The Morgan fingerprint density at radius 3 is 3.14 bits per heavy atom. The summed E-state index contributed by atoms with van der Waals surface area (Å²) < 4.78 is 6.97. The van der Waals surface area contributed by atoms with Crippen LogP contribution in [0, 0.1) is 12.3 Å². The molecule has 1 aromatic carbocycles. The summed E-state index contributed by atoms with van der Waals surface area (Å²) >= 11 is 0. The largest absolute Gasteiger partial charge is 0.461 e. The van der Waals surface area contributed by atoms with E-state index in [1.54, 1.807) is 13.3 Å². The number of aromatic nitrogens is 2. The molecule has 21 heavy (non-hydrogen) atoms. The molecular weight excluding hydrogens is 266 g/mol. The predicted molar refractivity (Wildman–Crippen MR) is 78.0 cm³/mol. The summed E-state index contributed by atoms with van der Waals surface area (Å²) in [4.78, 5) is 16.2. The summed E-state index contributed by atoms with van der Waals surface area (Å²) in [6.45, 7) is 3.35. The van der Waals surface area contributed by atoms with Gasteiger partial charge in [-0.15, -0.1) is 6.42 Å². The molecule has 1 aliphatic heterocycles. The molecule has 106 valence electrons. The van der Waals surface area contributed by atoms with Gasteiger partial charge in [0.25, 0.3) is 0 Å². The van der Waals surface area contributed by atoms with Crippen LogP contribution in [0.3, 0.4) is 0 Å². The molecule has 1 N–H and O–H groups in total. The van der Waals surface area contributed by atoms with E-state index in [0.29, 0.717) is 25.4 Å². The molecule has 0 saturated carbocycles. The average Bonchev–Trinajstić information content (AvgIpc) is 2.83. The van der Waals surface area contributed by atoms with Gasteiger partial charge in [-0.25, -0.2) is 9.78 Å². The maximum Gasteiger partial charge on any atom is 0.358 e. The maximum absolute atomic E-state index is 12.0. The topological polar surface area (TPSA) is 56.1 Å². The number of rotatable bonds is 2. The second-order valence-corrected chi connectivity index (χ2v) is 4.72. The minimum Gasteiger partial charge on any atom is -0.461 e. The molecule has 1 aliphatic rings. The third kappa shape index (κ3) is 2.30. The van der Waals surface area contributed by atoms with Crippen LogP contribution in [0.5, 0.6) is 0 Å². The Hall–Kier alpha value is -2.58. The van der Waals surface area contributed by atoms with Gasteiger partial charge in [-0.1, -0.05) is 5.92 Å². The van der Waals surface area contributed by atoms with E-state index in [-0.39, 0.29) is 0 Å². The summed E-state index contributed by atoms with van der Waals surface area (Å²) in [6, 6.07) is 5.82. The van der Waals surface area contributed by atoms with Crippen LogP contribution in [0.2, 0.25) is 0 Å². The van der Waals surface area contributed by atoms with E-state index >= 15 is 0 Å². The van der Waals surface area contributed by atoms with Gasteiger partial charge in [0, 0.05) is 18.7 Å². The smallest absolute Gasteiger partial charge is 0.358 e. The lowest BCUT2D eigenvalue weighted by Gasteiger charge is -2.09. The number of carbonyl (C=O) groups excluding carboxylic acids is 1. The van der Waals surface area contributed by atoms with Crippen molar-refractivity contribution in [2.24, 2.45) is 0 Å². The highest BCUT2D eigenvalue weighted by Crippen LogP contribution is 2.23. The quantitative estimate of drug-likeness (QED) is 0.671. The first-order valence-corrected chi connectivity index (χ1v) is 6.78. The van der Waals surface area contributed by atoms with Gasteiger partial charge in [-0.2, -0.15) is 0 Å². The first kappa shape index (κ1) is 13.4. The molecule has 0 spiro atoms. The molecule has 2 aromatic rings. The molecule has 3 rings (SSSR count). The molecule has 0 saturated heterocycles. The number of nitrogens with zero attached hydrogens (tertiary/aromatic N) is 2. The lowest BCUT2D eigenvalue weighted by atomic mass is 10.1. The van der Waals surface area contributed by atoms with Crippen LogP contribution >= 0.6 is 0 Å². The molecule has 0 radical (unpaired) electrons. The van der Waals surface area contributed by atoms with Crippen molar-refractivity contribution in [3.05, 3.63) is 47.0 Å². The molecule has 2 heterocycles. The van der Waals surface area contributed by atoms with E-state index in [4.69, 9.17) is 11.2 Å². The minimum absolute atomic E-state index is 0.334. The molecule has 1 aromatic heterocycles. The standard InChI is InChI=1S/C16H15N3O2/c1-3-11-5-6-13-12(7-11)8-17-9-14-15(16(20)21-4-2)18-10-19(13)14/h1,5-7,10,17H,4,8-9H2,2H3. The second-order valence-electron chi connectivity index (χ2n) is 4.72. The maximum atomic E-state index is 12.0. The summed E-state index contributed by atoms with van der Waals surface area (Å²) in [5.41, 5.74) is 4.07. The van der Waals surface area contributed by atoms with Crippen LogP contribution in [-0.4, -0.2) is 22.1 Å². The first-order chi connectivity index (χ1) is 10.2. The molecular formula is C16H15N3O2. The Morgan fingerprint density at radius 2 is 2.38 bits per heavy atom. The number of benzene rings is 1. The number of hydrogen-bond donors (Lipinski definition) is 1. The van der Waals surface area contributed by atoms with Crippen molar-refractivity contribution in [2.75, 3.05) is 6.61 Å². The lowest BCUT2D eigenvalue weighted by molar-refractivity contribution is 0.0518. The first-order valence-electron chi connectivity index (χ1n) is 6.78. The molecule has 0 atom stereocenters. The van der Waals surface area contributed by atoms with Crippen LogP contribution in [0.25, 0.3) is 5.69 Å². The van der Waals surface area contributed by atoms with Gasteiger partial charge in [-0.05, 0) is 30.7 Å². The molecule has 0 bridgehead atoms. The highest BCUT2D eigenvalue weighted by molar-refractivity contribution is 5.88. The van der Waals surface area contributed by atoms with Gasteiger partial charge in [0.1, 0.15) is 6.33 Å². The van der Waals surface area contributed by atoms with Gasteiger partial charge in [0.15, 0.2) is 5.69 Å². The van der Waals surface area contributed by atoms with E-state index in [0.717, 1.165) is 22.5 Å². The Morgan fingerprint density at radius 1 is 1.52 bits per heavy atom. The minimum atomic E-state index is -0.392. The van der Waals surface area contributed by atoms with Crippen molar-refractivity contribution < 1.29 is 9.53 Å². The van der Waals surface area contributed by atoms with Gasteiger partial charge in [-0.3, -0.25) is 0 Å². The monoisotopic (exact) mass is 281 g/mol. The molecule has 0 unspecified atom stereocenters. The number of fused-ring (bicyclic) bond motifs is 3. The number of carbonyl (C=O) groups is 1. The van der Waals surface area contributed by atoms with Gasteiger partial charge >= 0.3 is 5.97 Å². The van der Waals surface area contributed by atoms with Gasteiger partial charge in [0.2, 0.25) is 0 Å². The van der Waals surface area contributed by atoms with E-state index in [9.17, 15) is 4.79 Å². The van der Waals surface area contributed by atoms with E-state index in [1.807, 2.05) is 22.8 Å². The number of imidazole rings is 1. The molecule has 5 heteroatoms.